The van der Waals surface area contributed by atoms with Crippen molar-refractivity contribution >= 4 is 11.8 Å². The first-order valence-electron chi connectivity index (χ1n) is 9.94. The first kappa shape index (κ1) is 20.0. The Morgan fingerprint density at radius 1 is 1.14 bits per heavy atom. The highest BCUT2D eigenvalue weighted by Gasteiger charge is 2.13. The lowest BCUT2D eigenvalue weighted by Crippen LogP contribution is -2.38. The molecule has 28 heavy (non-hydrogen) atoms. The summed E-state index contributed by atoms with van der Waals surface area (Å²) in [7, 11) is 5.55. The number of nitrogens with one attached hydrogen (secondary N) is 1. The Kier molecular flexibility index (Phi) is 7.12. The average molecular weight is 382 g/mol. The Morgan fingerprint density at radius 3 is 2.57 bits per heavy atom. The van der Waals surface area contributed by atoms with Crippen LogP contribution >= 0.6 is 0 Å². The zero-order valence-corrected chi connectivity index (χ0v) is 17.2. The predicted molar refractivity (Wildman–Crippen MR) is 115 cm³/mol. The monoisotopic (exact) mass is 381 g/mol. The Balaban J connectivity index is 1.57. The van der Waals surface area contributed by atoms with Gasteiger partial charge in [0.2, 0.25) is 0 Å². The molecule has 1 aromatic heterocycles. The Morgan fingerprint density at radius 2 is 1.89 bits per heavy atom. The van der Waals surface area contributed by atoms with E-state index in [4.69, 9.17) is 4.74 Å². The molecule has 150 valence electrons. The van der Waals surface area contributed by atoms with Crippen LogP contribution in [0.2, 0.25) is 0 Å². The van der Waals surface area contributed by atoms with Crippen molar-refractivity contribution in [1.82, 2.24) is 15.2 Å². The predicted octanol–water partition coefficient (Wildman–Crippen LogP) is 3.29. The minimum atomic E-state index is 0.725. The quantitative estimate of drug-likeness (QED) is 0.615. The van der Waals surface area contributed by atoms with Crippen LogP contribution in [0.25, 0.3) is 0 Å². The number of hydrogen-bond donors (Lipinski definition) is 1. The average Bonchev–Trinajstić information content (AvgIpc) is 2.75. The molecule has 3 rings (SSSR count). The molecule has 1 N–H and O–H groups in total. The Hall–Kier alpha value is -2.76. The van der Waals surface area contributed by atoms with E-state index in [9.17, 15) is 0 Å². The smallest absolute Gasteiger partial charge is 0.193 e. The van der Waals surface area contributed by atoms with Crippen LogP contribution in [0.1, 0.15) is 30.4 Å². The molecule has 6 heteroatoms. The first-order chi connectivity index (χ1) is 13.7. The molecule has 2 heterocycles. The molecule has 0 atom stereocenters. The van der Waals surface area contributed by atoms with E-state index < -0.39 is 0 Å². The van der Waals surface area contributed by atoms with Crippen molar-refractivity contribution in [3.05, 3.63) is 53.7 Å². The molecular weight excluding hydrogens is 350 g/mol. The minimum absolute atomic E-state index is 0.725. The van der Waals surface area contributed by atoms with Crippen LogP contribution in [-0.2, 0) is 13.1 Å². The molecule has 0 bridgehead atoms. The molecule has 1 saturated heterocycles. The Bertz CT molecular complexity index is 769. The molecule has 0 unspecified atom stereocenters. The molecule has 6 nitrogen and oxygen atoms in total. The van der Waals surface area contributed by atoms with Crippen LogP contribution in [-0.4, -0.2) is 50.1 Å². The van der Waals surface area contributed by atoms with E-state index in [-0.39, 0.29) is 0 Å². The molecule has 1 aliphatic heterocycles. The summed E-state index contributed by atoms with van der Waals surface area (Å²) in [5.41, 5.74) is 2.43. The summed E-state index contributed by atoms with van der Waals surface area (Å²) in [5.74, 6) is 2.82. The second-order valence-electron chi connectivity index (χ2n) is 7.17. The van der Waals surface area contributed by atoms with Gasteiger partial charge in [-0.3, -0.25) is 4.99 Å². The molecule has 0 spiro atoms. The van der Waals surface area contributed by atoms with Crippen molar-refractivity contribution in [2.75, 3.05) is 39.2 Å². The summed E-state index contributed by atoms with van der Waals surface area (Å²) in [4.78, 5) is 13.5. The third-order valence-electron chi connectivity index (χ3n) is 5.09. The zero-order chi connectivity index (χ0) is 19.8. The number of piperidine rings is 1. The van der Waals surface area contributed by atoms with E-state index >= 15 is 0 Å². The summed E-state index contributed by atoms with van der Waals surface area (Å²) < 4.78 is 5.23. The summed E-state index contributed by atoms with van der Waals surface area (Å²) in [6, 6.07) is 12.4. The van der Waals surface area contributed by atoms with Crippen molar-refractivity contribution in [1.29, 1.82) is 0 Å². The second-order valence-corrected chi connectivity index (χ2v) is 7.17. The van der Waals surface area contributed by atoms with Gasteiger partial charge in [-0.15, -0.1) is 0 Å². The molecule has 1 fully saturated rings. The minimum Gasteiger partial charge on any atom is -0.497 e. The second kappa shape index (κ2) is 9.97. The van der Waals surface area contributed by atoms with E-state index in [0.29, 0.717) is 0 Å². The van der Waals surface area contributed by atoms with Crippen molar-refractivity contribution in [2.24, 2.45) is 4.99 Å². The molecule has 0 amide bonds. The lowest BCUT2D eigenvalue weighted by molar-refractivity contribution is 0.414. The van der Waals surface area contributed by atoms with E-state index in [1.807, 2.05) is 32.4 Å². The molecule has 0 saturated carbocycles. The largest absolute Gasteiger partial charge is 0.497 e. The van der Waals surface area contributed by atoms with E-state index in [1.54, 1.807) is 7.11 Å². The molecule has 1 aromatic carbocycles. The number of pyridine rings is 1. The number of methoxy groups -OCH3 is 1. The van der Waals surface area contributed by atoms with Gasteiger partial charge in [0.15, 0.2) is 5.96 Å². The third kappa shape index (κ3) is 5.38. The van der Waals surface area contributed by atoms with Gasteiger partial charge in [0, 0.05) is 46.5 Å². The normalized spacial score (nSPS) is 14.7. The fourth-order valence-electron chi connectivity index (χ4n) is 3.51. The number of aliphatic imine (C=N–C) groups is 1. The summed E-state index contributed by atoms with van der Waals surface area (Å²) in [6.45, 7) is 3.72. The number of nitrogens with zero attached hydrogens (tertiary/aromatic N) is 4. The van der Waals surface area contributed by atoms with E-state index in [2.05, 4.69) is 49.4 Å². The lowest BCUT2D eigenvalue weighted by atomic mass is 10.1. The summed E-state index contributed by atoms with van der Waals surface area (Å²) in [6.07, 6.45) is 5.75. The van der Waals surface area contributed by atoms with Crippen molar-refractivity contribution in [3.63, 3.8) is 0 Å². The lowest BCUT2D eigenvalue weighted by Gasteiger charge is -2.28. The van der Waals surface area contributed by atoms with Crippen LogP contribution in [0, 0.1) is 0 Å². The van der Waals surface area contributed by atoms with Gasteiger partial charge in [-0.05, 0) is 54.7 Å². The molecular formula is C22H31N5O. The maximum Gasteiger partial charge on any atom is 0.193 e. The van der Waals surface area contributed by atoms with Crippen LogP contribution in [0.15, 0.2) is 47.6 Å². The number of guanidine groups is 1. The first-order valence-corrected chi connectivity index (χ1v) is 9.94. The number of anilines is 1. The molecule has 0 aliphatic carbocycles. The maximum atomic E-state index is 5.23. The topological polar surface area (TPSA) is 53.0 Å². The fourth-order valence-corrected chi connectivity index (χ4v) is 3.51. The molecule has 1 aliphatic rings. The zero-order valence-electron chi connectivity index (χ0n) is 17.2. The summed E-state index contributed by atoms with van der Waals surface area (Å²) >= 11 is 0. The van der Waals surface area contributed by atoms with E-state index in [0.717, 1.165) is 43.7 Å². The number of rotatable bonds is 6. The number of ether oxygens (including phenoxy) is 1. The van der Waals surface area contributed by atoms with Gasteiger partial charge in [-0.2, -0.15) is 0 Å². The van der Waals surface area contributed by atoms with Gasteiger partial charge in [-0.25, -0.2) is 4.98 Å². The fraction of sp³-hybridized carbons (Fsp3) is 0.455. The Labute approximate surface area is 168 Å². The number of hydrogen-bond acceptors (Lipinski definition) is 4. The van der Waals surface area contributed by atoms with Crippen LogP contribution < -0.4 is 15.0 Å². The van der Waals surface area contributed by atoms with Gasteiger partial charge in [0.05, 0.1) is 7.11 Å². The van der Waals surface area contributed by atoms with Crippen LogP contribution in [0.4, 0.5) is 5.82 Å². The standard InChI is InChI=1S/C22H31N5O/c1-23-22(26(2)17-18-7-9-20(28-3)10-8-18)25-16-19-11-12-24-21(15-19)27-13-5-4-6-14-27/h7-12,15H,4-6,13-14,16-17H2,1-3H3,(H,23,25). The van der Waals surface area contributed by atoms with Gasteiger partial charge in [0.1, 0.15) is 11.6 Å². The molecule has 2 aromatic rings. The highest BCUT2D eigenvalue weighted by atomic mass is 16.5. The highest BCUT2D eigenvalue weighted by Crippen LogP contribution is 2.18. The van der Waals surface area contributed by atoms with Gasteiger partial charge < -0.3 is 19.9 Å². The molecule has 0 radical (unpaired) electrons. The van der Waals surface area contributed by atoms with Crippen LogP contribution in [0.3, 0.4) is 0 Å². The highest BCUT2D eigenvalue weighted by molar-refractivity contribution is 5.79. The number of benzene rings is 1. The van der Waals surface area contributed by atoms with Crippen LogP contribution in [0.5, 0.6) is 5.75 Å². The maximum absolute atomic E-state index is 5.23. The number of aromatic nitrogens is 1. The van der Waals surface area contributed by atoms with Gasteiger partial charge >= 0.3 is 0 Å². The van der Waals surface area contributed by atoms with Gasteiger partial charge in [0.25, 0.3) is 0 Å². The third-order valence-corrected chi connectivity index (χ3v) is 5.09. The van der Waals surface area contributed by atoms with Gasteiger partial charge in [-0.1, -0.05) is 12.1 Å². The van der Waals surface area contributed by atoms with Crippen molar-refractivity contribution in [2.45, 2.75) is 32.4 Å². The van der Waals surface area contributed by atoms with Crippen molar-refractivity contribution < 1.29 is 4.74 Å². The van der Waals surface area contributed by atoms with E-state index in [1.165, 1.54) is 30.4 Å². The SMILES string of the molecule is CN=C(NCc1ccnc(N2CCCCC2)c1)N(C)Cc1ccc(OC)cc1. The summed E-state index contributed by atoms with van der Waals surface area (Å²) in [5, 5.41) is 3.46. The van der Waals surface area contributed by atoms with Crippen molar-refractivity contribution in [3.8, 4) is 5.75 Å².